The van der Waals surface area contributed by atoms with Crippen molar-refractivity contribution < 1.29 is 9.53 Å². The van der Waals surface area contributed by atoms with Crippen LogP contribution >= 0.6 is 11.3 Å². The summed E-state index contributed by atoms with van der Waals surface area (Å²) in [5.41, 5.74) is 7.10. The maximum atomic E-state index is 12.3. The number of fused-ring (bicyclic) bond motifs is 1. The summed E-state index contributed by atoms with van der Waals surface area (Å²) in [5.74, 6) is 0.482. The normalized spacial score (nSPS) is 10.5. The Labute approximate surface area is 126 Å². The lowest BCUT2D eigenvalue weighted by molar-refractivity contribution is 0.103. The molecule has 1 heterocycles. The van der Waals surface area contributed by atoms with Crippen molar-refractivity contribution in [2.75, 3.05) is 18.2 Å². The van der Waals surface area contributed by atoms with Crippen LogP contribution in [-0.2, 0) is 0 Å². The molecule has 0 unspecified atom stereocenters. The minimum atomic E-state index is -0.153. The lowest BCUT2D eigenvalue weighted by atomic mass is 10.2. The maximum absolute atomic E-state index is 12.3. The molecule has 3 aromatic rings. The molecule has 0 saturated heterocycles. The number of anilines is 2. The van der Waals surface area contributed by atoms with Crippen LogP contribution < -0.4 is 15.8 Å². The standard InChI is InChI=1S/C16H14N2O2S/c1-20-13-5-3-2-4-12(13)18-16(19)15-9-10-8-11(17)6-7-14(10)21-15/h2-9H,17H2,1H3,(H,18,19). The van der Waals surface area contributed by atoms with E-state index in [1.807, 2.05) is 42.5 Å². The molecular weight excluding hydrogens is 284 g/mol. The molecule has 2 aromatic carbocycles. The van der Waals surface area contributed by atoms with E-state index in [1.54, 1.807) is 13.2 Å². The summed E-state index contributed by atoms with van der Waals surface area (Å²) in [6.45, 7) is 0. The lowest BCUT2D eigenvalue weighted by Gasteiger charge is -2.08. The van der Waals surface area contributed by atoms with E-state index in [1.165, 1.54) is 11.3 Å². The smallest absolute Gasteiger partial charge is 0.265 e. The Morgan fingerprint density at radius 2 is 2.00 bits per heavy atom. The van der Waals surface area contributed by atoms with Crippen molar-refractivity contribution in [1.29, 1.82) is 0 Å². The molecule has 21 heavy (non-hydrogen) atoms. The molecule has 1 aromatic heterocycles. The van der Waals surface area contributed by atoms with Crippen molar-refractivity contribution in [3.05, 3.63) is 53.4 Å². The van der Waals surface area contributed by atoms with Crippen LogP contribution in [0, 0.1) is 0 Å². The fraction of sp³-hybridized carbons (Fsp3) is 0.0625. The molecule has 0 spiro atoms. The SMILES string of the molecule is COc1ccccc1NC(=O)c1cc2cc(N)ccc2s1. The van der Waals surface area contributed by atoms with Crippen LogP contribution in [0.5, 0.6) is 5.75 Å². The van der Waals surface area contributed by atoms with Crippen molar-refractivity contribution in [1.82, 2.24) is 0 Å². The number of thiophene rings is 1. The van der Waals surface area contributed by atoms with Gasteiger partial charge in [-0.25, -0.2) is 0 Å². The fourth-order valence-corrected chi connectivity index (χ4v) is 3.04. The highest BCUT2D eigenvalue weighted by molar-refractivity contribution is 7.20. The zero-order valence-electron chi connectivity index (χ0n) is 11.4. The molecule has 1 amide bonds. The number of ether oxygens (including phenoxy) is 1. The van der Waals surface area contributed by atoms with Gasteiger partial charge in [-0.15, -0.1) is 11.3 Å². The Morgan fingerprint density at radius 1 is 1.19 bits per heavy atom. The molecule has 0 bridgehead atoms. The lowest BCUT2D eigenvalue weighted by Crippen LogP contribution is -2.10. The van der Waals surface area contributed by atoms with Gasteiger partial charge in [-0.3, -0.25) is 4.79 Å². The third-order valence-corrected chi connectivity index (χ3v) is 4.23. The van der Waals surface area contributed by atoms with Gasteiger partial charge in [0, 0.05) is 10.4 Å². The molecule has 5 heteroatoms. The van der Waals surface area contributed by atoms with E-state index in [-0.39, 0.29) is 5.91 Å². The Morgan fingerprint density at radius 3 is 2.81 bits per heavy atom. The number of para-hydroxylation sites is 2. The molecule has 0 aliphatic rings. The number of nitrogens with two attached hydrogens (primary N) is 1. The molecule has 0 saturated carbocycles. The molecular formula is C16H14N2O2S. The number of rotatable bonds is 3. The summed E-state index contributed by atoms with van der Waals surface area (Å²) in [4.78, 5) is 13.0. The molecule has 3 N–H and O–H groups in total. The second-order valence-corrected chi connectivity index (χ2v) is 5.65. The molecule has 0 fully saturated rings. The molecule has 0 aliphatic heterocycles. The highest BCUT2D eigenvalue weighted by atomic mass is 32.1. The van der Waals surface area contributed by atoms with Crippen LogP contribution in [-0.4, -0.2) is 13.0 Å². The number of carbonyl (C=O) groups excluding carboxylic acids is 1. The monoisotopic (exact) mass is 298 g/mol. The molecule has 3 rings (SSSR count). The largest absolute Gasteiger partial charge is 0.495 e. The zero-order chi connectivity index (χ0) is 14.8. The molecule has 0 atom stereocenters. The van der Waals surface area contributed by atoms with Crippen LogP contribution in [0.4, 0.5) is 11.4 Å². The first kappa shape index (κ1) is 13.5. The first-order valence-corrected chi connectivity index (χ1v) is 7.22. The predicted octanol–water partition coefficient (Wildman–Crippen LogP) is 3.74. The topological polar surface area (TPSA) is 64.3 Å². The molecule has 0 radical (unpaired) electrons. The average Bonchev–Trinajstić information content (AvgIpc) is 2.91. The van der Waals surface area contributed by atoms with Gasteiger partial charge in [0.15, 0.2) is 0 Å². The van der Waals surface area contributed by atoms with Crippen molar-refractivity contribution in [2.45, 2.75) is 0 Å². The number of benzene rings is 2. The van der Waals surface area contributed by atoms with E-state index in [2.05, 4.69) is 5.32 Å². The van der Waals surface area contributed by atoms with Gasteiger partial charge in [0.2, 0.25) is 0 Å². The maximum Gasteiger partial charge on any atom is 0.265 e. The Bertz CT molecular complexity index is 811. The number of methoxy groups -OCH3 is 1. The van der Waals surface area contributed by atoms with E-state index < -0.39 is 0 Å². The summed E-state index contributed by atoms with van der Waals surface area (Å²) >= 11 is 1.44. The van der Waals surface area contributed by atoms with Crippen molar-refractivity contribution in [3.8, 4) is 5.75 Å². The molecule has 4 nitrogen and oxygen atoms in total. The first-order chi connectivity index (χ1) is 10.2. The second kappa shape index (κ2) is 5.46. The fourth-order valence-electron chi connectivity index (χ4n) is 2.11. The Hall–Kier alpha value is -2.53. The predicted molar refractivity (Wildman–Crippen MR) is 87.2 cm³/mol. The summed E-state index contributed by atoms with van der Waals surface area (Å²) in [6.07, 6.45) is 0. The van der Waals surface area contributed by atoms with Gasteiger partial charge in [-0.1, -0.05) is 12.1 Å². The van der Waals surface area contributed by atoms with Crippen LogP contribution in [0.15, 0.2) is 48.5 Å². The second-order valence-electron chi connectivity index (χ2n) is 4.56. The minimum Gasteiger partial charge on any atom is -0.495 e. The molecule has 106 valence electrons. The minimum absolute atomic E-state index is 0.153. The number of amides is 1. The van der Waals surface area contributed by atoms with Gasteiger partial charge in [-0.05, 0) is 41.8 Å². The molecule has 0 aliphatic carbocycles. The van der Waals surface area contributed by atoms with Crippen molar-refractivity contribution >= 4 is 38.7 Å². The number of nitrogens with one attached hydrogen (secondary N) is 1. The van der Waals surface area contributed by atoms with Crippen molar-refractivity contribution in [3.63, 3.8) is 0 Å². The van der Waals surface area contributed by atoms with E-state index in [9.17, 15) is 4.79 Å². The highest BCUT2D eigenvalue weighted by Crippen LogP contribution is 2.29. The van der Waals surface area contributed by atoms with Crippen LogP contribution in [0.25, 0.3) is 10.1 Å². The third kappa shape index (κ3) is 2.68. The Kier molecular flexibility index (Phi) is 3.50. The number of carbonyl (C=O) groups is 1. The van der Waals surface area contributed by atoms with Gasteiger partial charge in [-0.2, -0.15) is 0 Å². The average molecular weight is 298 g/mol. The van der Waals surface area contributed by atoms with Crippen LogP contribution in [0.1, 0.15) is 9.67 Å². The van der Waals surface area contributed by atoms with E-state index in [0.29, 0.717) is 22.0 Å². The summed E-state index contributed by atoms with van der Waals surface area (Å²) in [5, 5.41) is 3.85. The van der Waals surface area contributed by atoms with Gasteiger partial charge in [0.25, 0.3) is 5.91 Å². The number of hydrogen-bond donors (Lipinski definition) is 2. The summed E-state index contributed by atoms with van der Waals surface area (Å²) in [6, 6.07) is 14.8. The van der Waals surface area contributed by atoms with E-state index in [4.69, 9.17) is 10.5 Å². The highest BCUT2D eigenvalue weighted by Gasteiger charge is 2.12. The quantitative estimate of drug-likeness (QED) is 0.724. The van der Waals surface area contributed by atoms with Crippen LogP contribution in [0.2, 0.25) is 0 Å². The van der Waals surface area contributed by atoms with E-state index in [0.717, 1.165) is 10.1 Å². The van der Waals surface area contributed by atoms with Crippen molar-refractivity contribution in [2.24, 2.45) is 0 Å². The third-order valence-electron chi connectivity index (χ3n) is 3.12. The van der Waals surface area contributed by atoms with Gasteiger partial charge in [0.05, 0.1) is 17.7 Å². The summed E-state index contributed by atoms with van der Waals surface area (Å²) < 4.78 is 6.27. The van der Waals surface area contributed by atoms with Crippen LogP contribution in [0.3, 0.4) is 0 Å². The van der Waals surface area contributed by atoms with Gasteiger partial charge < -0.3 is 15.8 Å². The van der Waals surface area contributed by atoms with Gasteiger partial charge in [0.1, 0.15) is 5.75 Å². The number of hydrogen-bond acceptors (Lipinski definition) is 4. The number of nitrogen functional groups attached to an aromatic ring is 1. The zero-order valence-corrected chi connectivity index (χ0v) is 12.2. The Balaban J connectivity index is 1.90. The first-order valence-electron chi connectivity index (χ1n) is 6.41. The summed E-state index contributed by atoms with van der Waals surface area (Å²) in [7, 11) is 1.58. The van der Waals surface area contributed by atoms with E-state index >= 15 is 0 Å². The van der Waals surface area contributed by atoms with Gasteiger partial charge >= 0.3 is 0 Å².